The van der Waals surface area contributed by atoms with E-state index in [9.17, 15) is 13.2 Å². The fourth-order valence-corrected chi connectivity index (χ4v) is 2.16. The van der Waals surface area contributed by atoms with Gasteiger partial charge in [-0.1, -0.05) is 12.1 Å². The Bertz CT molecular complexity index is 359. The standard InChI is InChI=1S/C12H14F3N/c13-10-6-4-5-9(12(14)15)11(10)16-7-2-1-3-8-16/h4-6,12H,1-3,7-8H2. The number of hydrogen-bond donors (Lipinski definition) is 0. The van der Waals surface area contributed by atoms with Crippen LogP contribution >= 0.6 is 0 Å². The Balaban J connectivity index is 2.36. The first-order valence-corrected chi connectivity index (χ1v) is 5.51. The molecule has 0 N–H and O–H groups in total. The van der Waals surface area contributed by atoms with Gasteiger partial charge in [-0.2, -0.15) is 0 Å². The lowest BCUT2D eigenvalue weighted by Crippen LogP contribution is -2.31. The summed E-state index contributed by atoms with van der Waals surface area (Å²) in [6, 6.07) is 3.89. The predicted molar refractivity (Wildman–Crippen MR) is 57.4 cm³/mol. The van der Waals surface area contributed by atoms with Crippen LogP contribution in [0.25, 0.3) is 0 Å². The molecule has 0 amide bonds. The maximum atomic E-state index is 13.6. The van der Waals surface area contributed by atoms with Crippen LogP contribution in [0.4, 0.5) is 18.9 Å². The lowest BCUT2D eigenvalue weighted by atomic mass is 10.1. The summed E-state index contributed by atoms with van der Waals surface area (Å²) < 4.78 is 39.2. The van der Waals surface area contributed by atoms with E-state index in [2.05, 4.69) is 0 Å². The van der Waals surface area contributed by atoms with Gasteiger partial charge >= 0.3 is 0 Å². The second-order valence-electron chi connectivity index (χ2n) is 4.03. The zero-order valence-electron chi connectivity index (χ0n) is 8.93. The number of rotatable bonds is 2. The second kappa shape index (κ2) is 4.76. The summed E-state index contributed by atoms with van der Waals surface area (Å²) in [4.78, 5) is 1.74. The number of alkyl halides is 2. The molecule has 1 heterocycles. The highest BCUT2D eigenvalue weighted by Crippen LogP contribution is 2.33. The van der Waals surface area contributed by atoms with Crippen molar-refractivity contribution < 1.29 is 13.2 Å². The molecule has 1 nitrogen and oxygen atoms in total. The third kappa shape index (κ3) is 2.15. The Morgan fingerprint density at radius 3 is 2.38 bits per heavy atom. The van der Waals surface area contributed by atoms with E-state index in [0.29, 0.717) is 13.1 Å². The minimum Gasteiger partial charge on any atom is -0.369 e. The number of nitrogens with zero attached hydrogens (tertiary/aromatic N) is 1. The topological polar surface area (TPSA) is 3.24 Å². The average Bonchev–Trinajstić information content (AvgIpc) is 2.29. The highest BCUT2D eigenvalue weighted by atomic mass is 19.3. The van der Waals surface area contributed by atoms with E-state index < -0.39 is 12.2 Å². The van der Waals surface area contributed by atoms with E-state index in [1.807, 2.05) is 0 Å². The molecule has 4 heteroatoms. The molecule has 88 valence electrons. The summed E-state index contributed by atoms with van der Waals surface area (Å²) in [5.41, 5.74) is -0.0981. The van der Waals surface area contributed by atoms with Crippen molar-refractivity contribution >= 4 is 5.69 Å². The summed E-state index contributed by atoms with van der Waals surface area (Å²) in [6.07, 6.45) is 0.357. The Kier molecular flexibility index (Phi) is 3.36. The molecule has 2 rings (SSSR count). The maximum Gasteiger partial charge on any atom is 0.265 e. The smallest absolute Gasteiger partial charge is 0.265 e. The molecule has 0 unspecified atom stereocenters. The molecule has 1 aliphatic heterocycles. The number of benzene rings is 1. The van der Waals surface area contributed by atoms with Crippen molar-refractivity contribution in [3.05, 3.63) is 29.6 Å². The van der Waals surface area contributed by atoms with Crippen LogP contribution in [0.3, 0.4) is 0 Å². The molecule has 0 saturated carbocycles. The largest absolute Gasteiger partial charge is 0.369 e. The van der Waals surface area contributed by atoms with Crippen LogP contribution in [0.1, 0.15) is 31.3 Å². The molecule has 0 atom stereocenters. The fraction of sp³-hybridized carbons (Fsp3) is 0.500. The van der Waals surface area contributed by atoms with E-state index in [1.165, 1.54) is 18.2 Å². The predicted octanol–water partition coefficient (Wildman–Crippen LogP) is 3.75. The number of para-hydroxylation sites is 1. The van der Waals surface area contributed by atoms with Gasteiger partial charge in [0.15, 0.2) is 0 Å². The Labute approximate surface area is 92.9 Å². The van der Waals surface area contributed by atoms with Gasteiger partial charge in [-0.05, 0) is 25.3 Å². The molecule has 1 fully saturated rings. The van der Waals surface area contributed by atoms with E-state index in [0.717, 1.165) is 19.3 Å². The van der Waals surface area contributed by atoms with Gasteiger partial charge in [-0.25, -0.2) is 13.2 Å². The van der Waals surface area contributed by atoms with E-state index in [4.69, 9.17) is 0 Å². The number of halogens is 3. The van der Waals surface area contributed by atoms with Gasteiger partial charge < -0.3 is 4.90 Å². The van der Waals surface area contributed by atoms with Gasteiger partial charge in [0.25, 0.3) is 6.43 Å². The quantitative estimate of drug-likeness (QED) is 0.746. The maximum absolute atomic E-state index is 13.6. The molecule has 1 saturated heterocycles. The van der Waals surface area contributed by atoms with Crippen molar-refractivity contribution in [2.75, 3.05) is 18.0 Å². The van der Waals surface area contributed by atoms with Crippen LogP contribution in [-0.4, -0.2) is 13.1 Å². The van der Waals surface area contributed by atoms with Gasteiger partial charge in [-0.15, -0.1) is 0 Å². The van der Waals surface area contributed by atoms with Crippen molar-refractivity contribution in [3.8, 4) is 0 Å². The zero-order chi connectivity index (χ0) is 11.5. The van der Waals surface area contributed by atoms with Crippen molar-refractivity contribution in [2.45, 2.75) is 25.7 Å². The number of hydrogen-bond acceptors (Lipinski definition) is 1. The minimum absolute atomic E-state index is 0.0946. The summed E-state index contributed by atoms with van der Waals surface area (Å²) >= 11 is 0. The Morgan fingerprint density at radius 1 is 1.06 bits per heavy atom. The third-order valence-corrected chi connectivity index (χ3v) is 2.93. The van der Waals surface area contributed by atoms with Gasteiger partial charge in [-0.3, -0.25) is 0 Å². The molecule has 1 aromatic rings. The highest BCUT2D eigenvalue weighted by Gasteiger charge is 2.22. The van der Waals surface area contributed by atoms with Crippen molar-refractivity contribution in [1.29, 1.82) is 0 Å². The van der Waals surface area contributed by atoms with E-state index in [-0.39, 0.29) is 11.3 Å². The van der Waals surface area contributed by atoms with Crippen LogP contribution in [0.2, 0.25) is 0 Å². The summed E-state index contributed by atoms with van der Waals surface area (Å²) in [7, 11) is 0. The van der Waals surface area contributed by atoms with Crippen molar-refractivity contribution in [3.63, 3.8) is 0 Å². The molecule has 1 aliphatic rings. The van der Waals surface area contributed by atoms with Crippen LogP contribution < -0.4 is 4.90 Å². The molecular weight excluding hydrogens is 215 g/mol. The minimum atomic E-state index is -2.62. The average molecular weight is 229 g/mol. The molecule has 0 radical (unpaired) electrons. The van der Waals surface area contributed by atoms with Crippen LogP contribution in [0.15, 0.2) is 18.2 Å². The molecule has 0 bridgehead atoms. The first-order chi connectivity index (χ1) is 7.70. The summed E-state index contributed by atoms with van der Waals surface area (Å²) in [6.45, 7) is 1.33. The van der Waals surface area contributed by atoms with Crippen molar-refractivity contribution in [1.82, 2.24) is 0 Å². The first kappa shape index (κ1) is 11.3. The van der Waals surface area contributed by atoms with Gasteiger partial charge in [0.05, 0.1) is 5.69 Å². The molecule has 0 aliphatic carbocycles. The van der Waals surface area contributed by atoms with Gasteiger partial charge in [0.2, 0.25) is 0 Å². The summed E-state index contributed by atoms with van der Waals surface area (Å²) in [5.74, 6) is -0.542. The monoisotopic (exact) mass is 229 g/mol. The van der Waals surface area contributed by atoms with Crippen LogP contribution in [-0.2, 0) is 0 Å². The third-order valence-electron chi connectivity index (χ3n) is 2.93. The van der Waals surface area contributed by atoms with E-state index >= 15 is 0 Å². The molecule has 16 heavy (non-hydrogen) atoms. The second-order valence-corrected chi connectivity index (χ2v) is 4.03. The van der Waals surface area contributed by atoms with E-state index in [1.54, 1.807) is 4.90 Å². The number of anilines is 1. The van der Waals surface area contributed by atoms with Crippen LogP contribution in [0.5, 0.6) is 0 Å². The first-order valence-electron chi connectivity index (χ1n) is 5.51. The van der Waals surface area contributed by atoms with Gasteiger partial charge in [0.1, 0.15) is 5.82 Å². The fourth-order valence-electron chi connectivity index (χ4n) is 2.16. The summed E-state index contributed by atoms with van der Waals surface area (Å²) in [5, 5.41) is 0. The van der Waals surface area contributed by atoms with Gasteiger partial charge in [0, 0.05) is 18.7 Å². The van der Waals surface area contributed by atoms with Crippen LogP contribution in [0, 0.1) is 5.82 Å². The normalized spacial score (nSPS) is 16.9. The zero-order valence-corrected chi connectivity index (χ0v) is 8.93. The Morgan fingerprint density at radius 2 is 1.75 bits per heavy atom. The molecule has 0 aromatic heterocycles. The molecular formula is C12H14F3N. The number of piperidine rings is 1. The lowest BCUT2D eigenvalue weighted by Gasteiger charge is -2.30. The van der Waals surface area contributed by atoms with Crippen molar-refractivity contribution in [2.24, 2.45) is 0 Å². The molecule has 0 spiro atoms. The Hall–Kier alpha value is -1.19. The molecule has 1 aromatic carbocycles. The lowest BCUT2D eigenvalue weighted by molar-refractivity contribution is 0.151. The highest BCUT2D eigenvalue weighted by molar-refractivity contribution is 5.55. The SMILES string of the molecule is Fc1cccc(C(F)F)c1N1CCCCC1.